The Morgan fingerprint density at radius 3 is 2.80 bits per heavy atom. The van der Waals surface area contributed by atoms with Gasteiger partial charge < -0.3 is 14.8 Å². The first-order valence-corrected chi connectivity index (χ1v) is 6.15. The number of hydrogen-bond acceptors (Lipinski definition) is 5. The molecule has 0 spiro atoms. The van der Waals surface area contributed by atoms with E-state index in [-0.39, 0.29) is 18.4 Å². The minimum Gasteiger partial charge on any atom is -0.454 e. The Hall–Kier alpha value is -2.57. The molecule has 2 rings (SSSR count). The maximum Gasteiger partial charge on any atom is 0.280 e. The number of nitrogens with zero attached hydrogens (tertiary/aromatic N) is 1. The van der Waals surface area contributed by atoms with Crippen molar-refractivity contribution < 1.29 is 19.2 Å². The van der Waals surface area contributed by atoms with E-state index in [4.69, 9.17) is 9.47 Å². The topological polar surface area (TPSA) is 90.7 Å². The lowest BCUT2D eigenvalue weighted by Gasteiger charge is -2.01. The molecule has 1 heterocycles. The van der Waals surface area contributed by atoms with Gasteiger partial charge in [0.15, 0.2) is 11.5 Å². The molecule has 1 aromatic rings. The number of carbonyl (C=O) groups is 1. The van der Waals surface area contributed by atoms with Gasteiger partial charge in [0, 0.05) is 12.6 Å². The average molecular weight is 278 g/mol. The standard InChI is InChI=1S/C13H14N2O5/c1-2-5-14-13(16)4-3-9-6-11-12(20-8-19-11)7-10(9)15(17)18/h3-4,6-7H,2,5,8H2,1H3,(H,14,16)/b4-3+. The molecule has 1 aliphatic heterocycles. The van der Waals surface area contributed by atoms with Crippen molar-refractivity contribution in [1.29, 1.82) is 0 Å². The van der Waals surface area contributed by atoms with Crippen LogP contribution in [0.5, 0.6) is 11.5 Å². The maximum atomic E-state index is 11.5. The molecule has 1 N–H and O–H groups in total. The molecule has 20 heavy (non-hydrogen) atoms. The summed E-state index contributed by atoms with van der Waals surface area (Å²) in [6.07, 6.45) is 3.48. The maximum absolute atomic E-state index is 11.5. The van der Waals surface area contributed by atoms with Gasteiger partial charge in [-0.1, -0.05) is 6.92 Å². The van der Waals surface area contributed by atoms with Gasteiger partial charge in [-0.3, -0.25) is 14.9 Å². The first kappa shape index (κ1) is 13.9. The highest BCUT2D eigenvalue weighted by molar-refractivity contribution is 5.92. The molecule has 7 heteroatoms. The molecule has 0 unspecified atom stereocenters. The number of rotatable bonds is 5. The van der Waals surface area contributed by atoms with Crippen LogP contribution in [0.2, 0.25) is 0 Å². The van der Waals surface area contributed by atoms with E-state index in [1.165, 1.54) is 24.3 Å². The SMILES string of the molecule is CCCNC(=O)/C=C/c1cc2c(cc1[N+](=O)[O-])OCO2. The average Bonchev–Trinajstić information content (AvgIpc) is 2.88. The van der Waals surface area contributed by atoms with Gasteiger partial charge in [-0.2, -0.15) is 0 Å². The highest BCUT2D eigenvalue weighted by atomic mass is 16.7. The molecule has 0 atom stereocenters. The van der Waals surface area contributed by atoms with Crippen LogP contribution in [0, 0.1) is 10.1 Å². The monoisotopic (exact) mass is 278 g/mol. The molecule has 0 saturated carbocycles. The number of hydrogen-bond donors (Lipinski definition) is 1. The molecule has 0 bridgehead atoms. The smallest absolute Gasteiger partial charge is 0.280 e. The van der Waals surface area contributed by atoms with Gasteiger partial charge in [0.25, 0.3) is 5.69 Å². The van der Waals surface area contributed by atoms with Gasteiger partial charge in [-0.15, -0.1) is 0 Å². The van der Waals surface area contributed by atoms with Crippen molar-refractivity contribution in [2.75, 3.05) is 13.3 Å². The summed E-state index contributed by atoms with van der Waals surface area (Å²) in [4.78, 5) is 22.0. The van der Waals surface area contributed by atoms with Crippen LogP contribution >= 0.6 is 0 Å². The summed E-state index contributed by atoms with van der Waals surface area (Å²) in [6.45, 7) is 2.54. The van der Waals surface area contributed by atoms with Crippen molar-refractivity contribution in [2.24, 2.45) is 0 Å². The molecule has 7 nitrogen and oxygen atoms in total. The summed E-state index contributed by atoms with van der Waals surface area (Å²) in [6, 6.07) is 2.79. The van der Waals surface area contributed by atoms with E-state index in [0.717, 1.165) is 6.42 Å². The van der Waals surface area contributed by atoms with Gasteiger partial charge in [0.2, 0.25) is 12.7 Å². The molecule has 0 radical (unpaired) electrons. The predicted octanol–water partition coefficient (Wildman–Crippen LogP) is 1.86. The Kier molecular flexibility index (Phi) is 4.19. The summed E-state index contributed by atoms with van der Waals surface area (Å²) in [5, 5.41) is 13.7. The van der Waals surface area contributed by atoms with Crippen LogP contribution in [0.15, 0.2) is 18.2 Å². The van der Waals surface area contributed by atoms with E-state index in [2.05, 4.69) is 5.32 Å². The second-order valence-corrected chi connectivity index (χ2v) is 4.15. The minimum absolute atomic E-state index is 0.0383. The number of benzene rings is 1. The third-order valence-corrected chi connectivity index (χ3v) is 2.68. The molecular formula is C13H14N2O5. The van der Waals surface area contributed by atoms with Crippen LogP contribution in [0.4, 0.5) is 5.69 Å². The lowest BCUT2D eigenvalue weighted by atomic mass is 10.1. The number of ether oxygens (including phenoxy) is 2. The van der Waals surface area contributed by atoms with Crippen LogP contribution in [-0.4, -0.2) is 24.2 Å². The zero-order chi connectivity index (χ0) is 14.5. The first-order chi connectivity index (χ1) is 9.61. The van der Waals surface area contributed by atoms with E-state index >= 15 is 0 Å². The Labute approximate surface area is 115 Å². The van der Waals surface area contributed by atoms with Gasteiger partial charge in [-0.05, 0) is 18.6 Å². The molecular weight excluding hydrogens is 264 g/mol. The van der Waals surface area contributed by atoms with E-state index < -0.39 is 4.92 Å². The number of fused-ring (bicyclic) bond motifs is 1. The minimum atomic E-state index is -0.522. The quantitative estimate of drug-likeness (QED) is 0.504. The highest BCUT2D eigenvalue weighted by Gasteiger charge is 2.22. The van der Waals surface area contributed by atoms with Crippen LogP contribution in [-0.2, 0) is 4.79 Å². The zero-order valence-corrected chi connectivity index (χ0v) is 10.9. The second-order valence-electron chi connectivity index (χ2n) is 4.15. The van der Waals surface area contributed by atoms with Crippen LogP contribution in [0.3, 0.4) is 0 Å². The van der Waals surface area contributed by atoms with Crippen molar-refractivity contribution in [2.45, 2.75) is 13.3 Å². The summed E-state index contributed by atoms with van der Waals surface area (Å²) < 4.78 is 10.3. The number of nitrogens with one attached hydrogen (secondary N) is 1. The number of nitro groups is 1. The fourth-order valence-electron chi connectivity index (χ4n) is 1.71. The van der Waals surface area contributed by atoms with Gasteiger partial charge in [0.05, 0.1) is 16.6 Å². The van der Waals surface area contributed by atoms with E-state index in [9.17, 15) is 14.9 Å². The summed E-state index contributed by atoms with van der Waals surface area (Å²) in [5.74, 6) is 0.479. The van der Waals surface area contributed by atoms with Gasteiger partial charge >= 0.3 is 0 Å². The third kappa shape index (κ3) is 3.05. The number of carbonyl (C=O) groups excluding carboxylic acids is 1. The zero-order valence-electron chi connectivity index (χ0n) is 10.9. The van der Waals surface area contributed by atoms with Crippen molar-refractivity contribution >= 4 is 17.7 Å². The summed E-state index contributed by atoms with van der Waals surface area (Å²) in [7, 11) is 0. The largest absolute Gasteiger partial charge is 0.454 e. The molecule has 0 aromatic heterocycles. The summed E-state index contributed by atoms with van der Waals surface area (Å²) >= 11 is 0. The Morgan fingerprint density at radius 1 is 1.45 bits per heavy atom. The van der Waals surface area contributed by atoms with E-state index in [0.29, 0.717) is 23.6 Å². The van der Waals surface area contributed by atoms with Crippen LogP contribution < -0.4 is 14.8 Å². The molecule has 106 valence electrons. The van der Waals surface area contributed by atoms with E-state index in [1.807, 2.05) is 6.92 Å². The molecule has 1 aliphatic rings. The first-order valence-electron chi connectivity index (χ1n) is 6.15. The van der Waals surface area contributed by atoms with Crippen LogP contribution in [0.25, 0.3) is 6.08 Å². The summed E-state index contributed by atoms with van der Waals surface area (Å²) in [5.41, 5.74) is 0.166. The number of amides is 1. The fraction of sp³-hybridized carbons (Fsp3) is 0.308. The fourth-order valence-corrected chi connectivity index (χ4v) is 1.71. The Morgan fingerprint density at radius 2 is 2.15 bits per heavy atom. The molecule has 0 fully saturated rings. The molecule has 1 amide bonds. The highest BCUT2D eigenvalue weighted by Crippen LogP contribution is 2.38. The molecule has 0 aliphatic carbocycles. The number of nitro benzene ring substituents is 1. The van der Waals surface area contributed by atoms with Crippen molar-refractivity contribution in [1.82, 2.24) is 5.32 Å². The normalized spacial score (nSPS) is 12.7. The van der Waals surface area contributed by atoms with Crippen molar-refractivity contribution in [3.63, 3.8) is 0 Å². The van der Waals surface area contributed by atoms with Gasteiger partial charge in [-0.25, -0.2) is 0 Å². The van der Waals surface area contributed by atoms with Crippen LogP contribution in [0.1, 0.15) is 18.9 Å². The lowest BCUT2D eigenvalue weighted by molar-refractivity contribution is -0.385. The predicted molar refractivity (Wildman–Crippen MR) is 71.6 cm³/mol. The van der Waals surface area contributed by atoms with Crippen molar-refractivity contribution in [3.8, 4) is 11.5 Å². The van der Waals surface area contributed by atoms with Gasteiger partial charge in [0.1, 0.15) is 0 Å². The molecule has 0 saturated heterocycles. The third-order valence-electron chi connectivity index (χ3n) is 2.68. The molecule has 1 aromatic carbocycles. The van der Waals surface area contributed by atoms with Crippen molar-refractivity contribution in [3.05, 3.63) is 33.9 Å². The second kappa shape index (κ2) is 6.05. The lowest BCUT2D eigenvalue weighted by Crippen LogP contribution is -2.21. The Bertz CT molecular complexity index is 568. The Balaban J connectivity index is 2.24. The van der Waals surface area contributed by atoms with E-state index in [1.54, 1.807) is 0 Å².